The zero-order valence-corrected chi connectivity index (χ0v) is 14.0. The average molecular weight is 361 g/mol. The number of aromatic nitrogens is 2. The van der Waals surface area contributed by atoms with E-state index >= 15 is 0 Å². The molecular formula is C16H15N3O5S. The third-order valence-electron chi connectivity index (χ3n) is 3.81. The van der Waals surface area contributed by atoms with Crippen molar-refractivity contribution in [3.8, 4) is 23.0 Å². The number of ether oxygens (including phenoxy) is 1. The van der Waals surface area contributed by atoms with Crippen LogP contribution in [0.2, 0.25) is 0 Å². The van der Waals surface area contributed by atoms with Gasteiger partial charge in [-0.1, -0.05) is 35.5 Å². The van der Waals surface area contributed by atoms with Crippen LogP contribution in [0.5, 0.6) is 0 Å². The molecule has 0 radical (unpaired) electrons. The normalized spacial score (nSPS) is 16.2. The Morgan fingerprint density at radius 3 is 2.52 bits per heavy atom. The van der Waals surface area contributed by atoms with Gasteiger partial charge in [-0.15, -0.1) is 0 Å². The molecular weight excluding hydrogens is 346 g/mol. The Balaban J connectivity index is 1.60. The highest BCUT2D eigenvalue weighted by Gasteiger charge is 2.30. The van der Waals surface area contributed by atoms with Crippen molar-refractivity contribution in [3.05, 3.63) is 42.5 Å². The summed E-state index contributed by atoms with van der Waals surface area (Å²) in [5.41, 5.74) is 0.796. The first-order valence-electron chi connectivity index (χ1n) is 7.72. The lowest BCUT2D eigenvalue weighted by Gasteiger charge is -2.24. The topological polar surface area (TPSA) is 98.7 Å². The molecule has 1 aliphatic rings. The van der Waals surface area contributed by atoms with Crippen molar-refractivity contribution in [2.75, 3.05) is 26.3 Å². The van der Waals surface area contributed by atoms with Crippen LogP contribution < -0.4 is 0 Å². The molecule has 1 aliphatic heterocycles. The average Bonchev–Trinajstić information content (AvgIpc) is 3.33. The van der Waals surface area contributed by atoms with E-state index in [9.17, 15) is 8.42 Å². The third-order valence-corrected chi connectivity index (χ3v) is 5.59. The number of sulfonamides is 1. The molecule has 3 aromatic rings. The number of nitrogens with zero attached hydrogens (tertiary/aromatic N) is 3. The summed E-state index contributed by atoms with van der Waals surface area (Å²) < 4.78 is 42.3. The lowest BCUT2D eigenvalue weighted by molar-refractivity contribution is 0.0724. The summed E-state index contributed by atoms with van der Waals surface area (Å²) in [4.78, 5) is 4.26. The second kappa shape index (κ2) is 6.43. The van der Waals surface area contributed by atoms with E-state index in [-0.39, 0.29) is 16.7 Å². The highest BCUT2D eigenvalue weighted by atomic mass is 32.2. The summed E-state index contributed by atoms with van der Waals surface area (Å²) in [6, 6.07) is 12.2. The molecule has 1 fully saturated rings. The molecule has 0 aliphatic carbocycles. The van der Waals surface area contributed by atoms with Gasteiger partial charge in [0.05, 0.1) is 13.2 Å². The summed E-state index contributed by atoms with van der Waals surface area (Å²) in [6.07, 6.45) is 0. The van der Waals surface area contributed by atoms with Gasteiger partial charge >= 0.3 is 0 Å². The van der Waals surface area contributed by atoms with Crippen molar-refractivity contribution in [2.45, 2.75) is 5.09 Å². The fourth-order valence-electron chi connectivity index (χ4n) is 2.52. The molecule has 0 atom stereocenters. The predicted octanol–water partition coefficient (Wildman–Crippen LogP) is 2.02. The molecule has 1 aromatic carbocycles. The minimum atomic E-state index is -3.70. The van der Waals surface area contributed by atoms with Gasteiger partial charge in [0, 0.05) is 18.7 Å². The fourth-order valence-corrected chi connectivity index (χ4v) is 3.84. The van der Waals surface area contributed by atoms with Gasteiger partial charge in [0.1, 0.15) is 0 Å². The lowest BCUT2D eigenvalue weighted by atomic mass is 10.2. The van der Waals surface area contributed by atoms with Crippen molar-refractivity contribution < 1.29 is 22.1 Å². The largest absolute Gasteiger partial charge is 0.438 e. The van der Waals surface area contributed by atoms with Crippen LogP contribution in [-0.2, 0) is 14.8 Å². The van der Waals surface area contributed by atoms with Gasteiger partial charge in [-0.3, -0.25) is 0 Å². The van der Waals surface area contributed by atoms with E-state index in [4.69, 9.17) is 13.7 Å². The first kappa shape index (κ1) is 16.0. The second-order valence-electron chi connectivity index (χ2n) is 5.42. The van der Waals surface area contributed by atoms with Crippen molar-refractivity contribution in [2.24, 2.45) is 0 Å². The summed E-state index contributed by atoms with van der Waals surface area (Å²) in [7, 11) is -3.70. The summed E-state index contributed by atoms with van der Waals surface area (Å²) in [5.74, 6) is 0.744. The Hall–Kier alpha value is -2.49. The molecule has 0 amide bonds. The van der Waals surface area contributed by atoms with Crippen molar-refractivity contribution >= 4 is 10.0 Å². The molecule has 8 nitrogen and oxygen atoms in total. The lowest BCUT2D eigenvalue weighted by Crippen LogP contribution is -2.40. The maximum Gasteiger partial charge on any atom is 0.293 e. The van der Waals surface area contributed by atoms with E-state index in [2.05, 4.69) is 10.1 Å². The second-order valence-corrected chi connectivity index (χ2v) is 7.29. The van der Waals surface area contributed by atoms with E-state index in [1.807, 2.05) is 30.3 Å². The molecule has 0 saturated carbocycles. The van der Waals surface area contributed by atoms with Gasteiger partial charge in [-0.25, -0.2) is 8.42 Å². The zero-order chi connectivity index (χ0) is 17.3. The van der Waals surface area contributed by atoms with Gasteiger partial charge in [0.25, 0.3) is 15.9 Å². The predicted molar refractivity (Wildman–Crippen MR) is 87.0 cm³/mol. The van der Waals surface area contributed by atoms with E-state index < -0.39 is 10.0 Å². The number of morpholine rings is 1. The maximum absolute atomic E-state index is 12.6. The number of hydrogen-bond acceptors (Lipinski definition) is 7. The number of furan rings is 1. The summed E-state index contributed by atoms with van der Waals surface area (Å²) in [6.45, 7) is 1.35. The quantitative estimate of drug-likeness (QED) is 0.701. The monoisotopic (exact) mass is 361 g/mol. The molecule has 2 aromatic heterocycles. The molecule has 0 bridgehead atoms. The van der Waals surface area contributed by atoms with Crippen molar-refractivity contribution in [1.29, 1.82) is 0 Å². The first-order chi connectivity index (χ1) is 12.1. The van der Waals surface area contributed by atoms with Crippen molar-refractivity contribution in [1.82, 2.24) is 14.4 Å². The minimum Gasteiger partial charge on any atom is -0.438 e. The van der Waals surface area contributed by atoms with Gasteiger partial charge in [-0.2, -0.15) is 9.29 Å². The Bertz CT molecular complexity index is 959. The van der Waals surface area contributed by atoms with Crippen LogP contribution in [0.4, 0.5) is 0 Å². The van der Waals surface area contributed by atoms with Crippen LogP contribution in [0.1, 0.15) is 0 Å². The van der Waals surface area contributed by atoms with Crippen LogP contribution in [0.15, 0.2) is 56.5 Å². The van der Waals surface area contributed by atoms with Gasteiger partial charge in [-0.05, 0) is 12.1 Å². The maximum atomic E-state index is 12.6. The fraction of sp³-hybridized carbons (Fsp3) is 0.250. The molecule has 0 unspecified atom stereocenters. The van der Waals surface area contributed by atoms with Crippen LogP contribution in [0.3, 0.4) is 0 Å². The van der Waals surface area contributed by atoms with Crippen LogP contribution in [0, 0.1) is 0 Å². The molecule has 4 rings (SSSR count). The van der Waals surface area contributed by atoms with E-state index in [1.54, 1.807) is 0 Å². The van der Waals surface area contributed by atoms with Crippen LogP contribution in [0.25, 0.3) is 23.0 Å². The van der Waals surface area contributed by atoms with E-state index in [0.29, 0.717) is 32.1 Å². The van der Waals surface area contributed by atoms with E-state index in [0.717, 1.165) is 5.56 Å². The number of hydrogen-bond donors (Lipinski definition) is 0. The first-order valence-corrected chi connectivity index (χ1v) is 9.16. The minimum absolute atomic E-state index is 0.127. The molecule has 9 heteroatoms. The Morgan fingerprint density at radius 2 is 1.76 bits per heavy atom. The SMILES string of the molecule is O=S(=O)(c1ccc(-c2nc(-c3ccccc3)no2)o1)N1CCOCC1. The Morgan fingerprint density at radius 1 is 1.00 bits per heavy atom. The molecule has 0 spiro atoms. The zero-order valence-electron chi connectivity index (χ0n) is 13.2. The molecule has 1 saturated heterocycles. The molecule has 0 N–H and O–H groups in total. The Kier molecular flexibility index (Phi) is 4.12. The van der Waals surface area contributed by atoms with Crippen molar-refractivity contribution in [3.63, 3.8) is 0 Å². The highest BCUT2D eigenvalue weighted by Crippen LogP contribution is 2.27. The van der Waals surface area contributed by atoms with Gasteiger partial charge < -0.3 is 13.7 Å². The number of rotatable bonds is 4. The van der Waals surface area contributed by atoms with Crippen LogP contribution >= 0.6 is 0 Å². The third kappa shape index (κ3) is 3.09. The van der Waals surface area contributed by atoms with Gasteiger partial charge in [0.15, 0.2) is 5.76 Å². The van der Waals surface area contributed by atoms with Gasteiger partial charge in [0.2, 0.25) is 10.9 Å². The standard InChI is InChI=1S/C16H15N3O5S/c20-25(21,19-8-10-22-11-9-19)14-7-6-13(23-14)16-17-15(18-24-16)12-4-2-1-3-5-12/h1-7H,8-11H2. The molecule has 3 heterocycles. The highest BCUT2D eigenvalue weighted by molar-refractivity contribution is 7.89. The molecule has 130 valence electrons. The smallest absolute Gasteiger partial charge is 0.293 e. The summed E-state index contributed by atoms with van der Waals surface area (Å²) in [5, 5.41) is 3.75. The molecule has 25 heavy (non-hydrogen) atoms. The van der Waals surface area contributed by atoms with E-state index in [1.165, 1.54) is 16.4 Å². The summed E-state index contributed by atoms with van der Waals surface area (Å²) >= 11 is 0. The number of benzene rings is 1. The Labute approximate surface area is 144 Å². The van der Waals surface area contributed by atoms with Crippen LogP contribution in [-0.4, -0.2) is 49.2 Å².